The summed E-state index contributed by atoms with van der Waals surface area (Å²) in [6.45, 7) is 7.70. The van der Waals surface area contributed by atoms with Gasteiger partial charge in [-0.1, -0.05) is 15.9 Å². The first kappa shape index (κ1) is 12.2. The minimum atomic E-state index is 1.05. The third-order valence-corrected chi connectivity index (χ3v) is 4.17. The van der Waals surface area contributed by atoms with Gasteiger partial charge in [0.05, 0.1) is 0 Å². The average molecular weight is 308 g/mol. The van der Waals surface area contributed by atoms with Gasteiger partial charge < -0.3 is 10.3 Å². The van der Waals surface area contributed by atoms with Gasteiger partial charge in [0.1, 0.15) is 0 Å². The summed E-state index contributed by atoms with van der Waals surface area (Å²) < 4.78 is 1.15. The van der Waals surface area contributed by atoms with Crippen LogP contribution < -0.4 is 5.32 Å². The molecule has 0 spiro atoms. The standard InChI is InChI=1S/C14H18BrN3/c1-10-13(9-18-6-4-16-5-7-18)12-8-11(15)2-3-14(12)17-10/h2-3,8,16-17H,4-7,9H2,1H3. The van der Waals surface area contributed by atoms with Crippen LogP contribution in [0, 0.1) is 6.92 Å². The SMILES string of the molecule is Cc1[nH]c2ccc(Br)cc2c1CN1CCNCC1. The van der Waals surface area contributed by atoms with Gasteiger partial charge in [-0.3, -0.25) is 4.90 Å². The summed E-state index contributed by atoms with van der Waals surface area (Å²) in [5.74, 6) is 0. The average Bonchev–Trinajstić information content (AvgIpc) is 2.67. The van der Waals surface area contributed by atoms with Crippen molar-refractivity contribution >= 4 is 26.8 Å². The van der Waals surface area contributed by atoms with E-state index in [4.69, 9.17) is 0 Å². The van der Waals surface area contributed by atoms with E-state index in [-0.39, 0.29) is 0 Å². The lowest BCUT2D eigenvalue weighted by Gasteiger charge is -2.27. The first-order valence-corrected chi connectivity index (χ1v) is 7.23. The van der Waals surface area contributed by atoms with Gasteiger partial charge in [-0.05, 0) is 30.7 Å². The Labute approximate surface area is 116 Å². The Balaban J connectivity index is 1.94. The van der Waals surface area contributed by atoms with Gasteiger partial charge in [-0.2, -0.15) is 0 Å². The van der Waals surface area contributed by atoms with E-state index in [1.165, 1.54) is 22.2 Å². The topological polar surface area (TPSA) is 31.1 Å². The number of hydrogen-bond acceptors (Lipinski definition) is 2. The van der Waals surface area contributed by atoms with Gasteiger partial charge in [0, 0.05) is 53.8 Å². The quantitative estimate of drug-likeness (QED) is 0.893. The molecule has 18 heavy (non-hydrogen) atoms. The molecule has 0 unspecified atom stereocenters. The van der Waals surface area contributed by atoms with Gasteiger partial charge in [-0.25, -0.2) is 0 Å². The number of H-pyrrole nitrogens is 1. The summed E-state index contributed by atoms with van der Waals surface area (Å²) in [6, 6.07) is 6.46. The molecular formula is C14H18BrN3. The molecule has 1 aromatic carbocycles. The summed E-state index contributed by atoms with van der Waals surface area (Å²) in [4.78, 5) is 6.00. The maximum Gasteiger partial charge on any atom is 0.0460 e. The molecule has 3 rings (SSSR count). The number of nitrogens with one attached hydrogen (secondary N) is 2. The van der Waals surface area contributed by atoms with E-state index in [0.717, 1.165) is 37.2 Å². The Morgan fingerprint density at radius 1 is 1.28 bits per heavy atom. The van der Waals surface area contributed by atoms with Crippen molar-refractivity contribution in [2.24, 2.45) is 0 Å². The summed E-state index contributed by atoms with van der Waals surface area (Å²) >= 11 is 3.56. The van der Waals surface area contributed by atoms with Gasteiger partial charge >= 0.3 is 0 Å². The molecule has 0 bridgehead atoms. The van der Waals surface area contributed by atoms with E-state index in [2.05, 4.69) is 56.3 Å². The summed E-state index contributed by atoms with van der Waals surface area (Å²) in [6.07, 6.45) is 0. The first-order valence-electron chi connectivity index (χ1n) is 6.44. The maximum absolute atomic E-state index is 3.56. The highest BCUT2D eigenvalue weighted by Crippen LogP contribution is 2.26. The van der Waals surface area contributed by atoms with Crippen LogP contribution in [0.25, 0.3) is 10.9 Å². The fraction of sp³-hybridized carbons (Fsp3) is 0.429. The predicted molar refractivity (Wildman–Crippen MR) is 78.9 cm³/mol. The van der Waals surface area contributed by atoms with E-state index in [1.807, 2.05) is 0 Å². The summed E-state index contributed by atoms with van der Waals surface area (Å²) in [5.41, 5.74) is 3.97. The number of nitrogens with zero attached hydrogens (tertiary/aromatic N) is 1. The van der Waals surface area contributed by atoms with Crippen molar-refractivity contribution in [1.29, 1.82) is 0 Å². The molecule has 1 aromatic heterocycles. The monoisotopic (exact) mass is 307 g/mol. The molecule has 3 nitrogen and oxygen atoms in total. The van der Waals surface area contributed by atoms with Crippen molar-refractivity contribution in [2.45, 2.75) is 13.5 Å². The molecule has 1 aliphatic rings. The number of piperazine rings is 1. The van der Waals surface area contributed by atoms with Crippen LogP contribution in [0.15, 0.2) is 22.7 Å². The van der Waals surface area contributed by atoms with E-state index >= 15 is 0 Å². The second kappa shape index (κ2) is 5.03. The molecule has 0 radical (unpaired) electrons. The van der Waals surface area contributed by atoms with Crippen LogP contribution in [0.1, 0.15) is 11.3 Å². The van der Waals surface area contributed by atoms with Crippen molar-refractivity contribution in [3.63, 3.8) is 0 Å². The number of aromatic amines is 1. The Kier molecular flexibility index (Phi) is 3.41. The van der Waals surface area contributed by atoms with E-state index in [9.17, 15) is 0 Å². The van der Waals surface area contributed by atoms with Crippen molar-refractivity contribution in [3.8, 4) is 0 Å². The molecular weight excluding hydrogens is 290 g/mol. The second-order valence-electron chi connectivity index (χ2n) is 4.94. The van der Waals surface area contributed by atoms with Gasteiger partial charge in [0.2, 0.25) is 0 Å². The Morgan fingerprint density at radius 2 is 2.06 bits per heavy atom. The van der Waals surface area contributed by atoms with Crippen molar-refractivity contribution < 1.29 is 0 Å². The maximum atomic E-state index is 3.56. The number of aryl methyl sites for hydroxylation is 1. The van der Waals surface area contributed by atoms with Crippen molar-refractivity contribution in [2.75, 3.05) is 26.2 Å². The predicted octanol–water partition coefficient (Wildman–Crippen LogP) is 2.64. The van der Waals surface area contributed by atoms with Crippen LogP contribution in [-0.2, 0) is 6.54 Å². The Bertz CT molecular complexity index is 555. The van der Waals surface area contributed by atoms with E-state index in [1.54, 1.807) is 0 Å². The summed E-state index contributed by atoms with van der Waals surface area (Å²) in [7, 11) is 0. The number of aromatic nitrogens is 1. The van der Waals surface area contributed by atoms with E-state index in [0.29, 0.717) is 0 Å². The minimum Gasteiger partial charge on any atom is -0.358 e. The number of benzene rings is 1. The molecule has 0 amide bonds. The van der Waals surface area contributed by atoms with Crippen LogP contribution in [-0.4, -0.2) is 36.1 Å². The number of halogens is 1. The lowest BCUT2D eigenvalue weighted by Crippen LogP contribution is -2.42. The second-order valence-corrected chi connectivity index (χ2v) is 5.86. The molecule has 4 heteroatoms. The molecule has 0 aliphatic carbocycles. The fourth-order valence-corrected chi connectivity index (χ4v) is 3.01. The molecule has 1 saturated heterocycles. The fourth-order valence-electron chi connectivity index (χ4n) is 2.65. The van der Waals surface area contributed by atoms with Crippen LogP contribution in [0.5, 0.6) is 0 Å². The number of fused-ring (bicyclic) bond motifs is 1. The Morgan fingerprint density at radius 3 is 2.83 bits per heavy atom. The van der Waals surface area contributed by atoms with Crippen molar-refractivity contribution in [3.05, 3.63) is 33.9 Å². The van der Waals surface area contributed by atoms with Gasteiger partial charge in [0.25, 0.3) is 0 Å². The largest absolute Gasteiger partial charge is 0.358 e. The first-order chi connectivity index (χ1) is 8.74. The highest BCUT2D eigenvalue weighted by molar-refractivity contribution is 9.10. The third kappa shape index (κ3) is 2.32. The zero-order valence-corrected chi connectivity index (χ0v) is 12.2. The van der Waals surface area contributed by atoms with Crippen molar-refractivity contribution in [1.82, 2.24) is 15.2 Å². The molecule has 2 aromatic rings. The smallest absolute Gasteiger partial charge is 0.0460 e. The highest BCUT2D eigenvalue weighted by Gasteiger charge is 2.14. The number of rotatable bonds is 2. The molecule has 1 fully saturated rings. The van der Waals surface area contributed by atoms with Crippen LogP contribution in [0.4, 0.5) is 0 Å². The lowest BCUT2D eigenvalue weighted by molar-refractivity contribution is 0.233. The molecule has 96 valence electrons. The molecule has 2 heterocycles. The number of hydrogen-bond donors (Lipinski definition) is 2. The van der Waals surface area contributed by atoms with Gasteiger partial charge in [0.15, 0.2) is 0 Å². The Hall–Kier alpha value is -0.840. The lowest BCUT2D eigenvalue weighted by atomic mass is 10.1. The van der Waals surface area contributed by atoms with Crippen LogP contribution in [0.2, 0.25) is 0 Å². The molecule has 0 atom stereocenters. The molecule has 1 aliphatic heterocycles. The highest BCUT2D eigenvalue weighted by atomic mass is 79.9. The molecule has 0 saturated carbocycles. The minimum absolute atomic E-state index is 1.05. The van der Waals surface area contributed by atoms with Crippen LogP contribution in [0.3, 0.4) is 0 Å². The normalized spacial score (nSPS) is 17.4. The van der Waals surface area contributed by atoms with Crippen LogP contribution >= 0.6 is 15.9 Å². The van der Waals surface area contributed by atoms with E-state index < -0.39 is 0 Å². The zero-order chi connectivity index (χ0) is 12.5. The zero-order valence-electron chi connectivity index (χ0n) is 10.6. The summed E-state index contributed by atoms with van der Waals surface area (Å²) in [5, 5.41) is 4.75. The third-order valence-electron chi connectivity index (χ3n) is 3.67. The van der Waals surface area contributed by atoms with Gasteiger partial charge in [-0.15, -0.1) is 0 Å². The molecule has 2 N–H and O–H groups in total.